The number of carboxylic acids is 1. The van der Waals surface area contributed by atoms with E-state index >= 15 is 0 Å². The first-order valence-corrected chi connectivity index (χ1v) is 11.2. The fourth-order valence-electron chi connectivity index (χ4n) is 4.02. The fraction of sp³-hybridized carbons (Fsp3) is 0.0800. The number of ether oxygens (including phenoxy) is 1. The van der Waals surface area contributed by atoms with E-state index in [4.69, 9.17) is 4.74 Å². The highest BCUT2D eigenvalue weighted by atomic mass is 32.1. The number of anilines is 1. The lowest BCUT2D eigenvalue weighted by molar-refractivity contribution is -0.132. The Morgan fingerprint density at radius 2 is 1.89 bits per heavy atom. The number of Topliss-reactive ketones (excluding diaryl/α,β-unsaturated/α-hetero) is 1. The summed E-state index contributed by atoms with van der Waals surface area (Å²) in [6, 6.07) is 13.4. The van der Waals surface area contributed by atoms with E-state index in [0.29, 0.717) is 21.5 Å². The summed E-state index contributed by atoms with van der Waals surface area (Å²) in [4.78, 5) is 47.8. The molecule has 0 saturated carbocycles. The van der Waals surface area contributed by atoms with Gasteiger partial charge < -0.3 is 14.9 Å². The maximum atomic E-state index is 13.3. The number of thiazole rings is 1. The highest BCUT2D eigenvalue weighted by Crippen LogP contribution is 2.45. The van der Waals surface area contributed by atoms with Crippen LogP contribution in [0, 0.1) is 0 Å². The largest absolute Gasteiger partial charge is 0.507 e. The number of fused-ring (bicyclic) bond motifs is 1. The fourth-order valence-corrected chi connectivity index (χ4v) is 5.05. The number of aromatic carboxylic acids is 1. The Morgan fingerprint density at radius 3 is 2.60 bits per heavy atom. The third-order valence-electron chi connectivity index (χ3n) is 5.64. The predicted molar refractivity (Wildman–Crippen MR) is 129 cm³/mol. The molecule has 1 aliphatic heterocycles. The van der Waals surface area contributed by atoms with Crippen molar-refractivity contribution in [3.8, 4) is 5.75 Å². The van der Waals surface area contributed by atoms with Crippen LogP contribution in [0.1, 0.15) is 27.5 Å². The first kappa shape index (κ1) is 22.2. The summed E-state index contributed by atoms with van der Waals surface area (Å²) in [5, 5.41) is 20.7. The minimum absolute atomic E-state index is 0.0785. The van der Waals surface area contributed by atoms with E-state index in [1.165, 1.54) is 30.3 Å². The molecule has 35 heavy (non-hydrogen) atoms. The van der Waals surface area contributed by atoms with Crippen LogP contribution in [-0.4, -0.2) is 45.0 Å². The summed E-state index contributed by atoms with van der Waals surface area (Å²) in [5.41, 5.74) is 1.19. The van der Waals surface area contributed by atoms with Crippen molar-refractivity contribution in [1.29, 1.82) is 0 Å². The Morgan fingerprint density at radius 1 is 1.09 bits per heavy atom. The normalized spacial score (nSPS) is 17.2. The molecule has 5 rings (SSSR count). The molecule has 1 aliphatic rings. The molecule has 1 fully saturated rings. The second-order valence-electron chi connectivity index (χ2n) is 7.64. The molecule has 10 heteroatoms. The molecule has 0 bridgehead atoms. The number of nitrogens with zero attached hydrogens (tertiary/aromatic N) is 3. The summed E-state index contributed by atoms with van der Waals surface area (Å²) in [5.74, 6) is -2.89. The van der Waals surface area contributed by atoms with Gasteiger partial charge in [0, 0.05) is 12.4 Å². The van der Waals surface area contributed by atoms with E-state index < -0.39 is 23.7 Å². The third-order valence-corrected chi connectivity index (χ3v) is 6.65. The average Bonchev–Trinajstić information content (AvgIpc) is 3.41. The minimum Gasteiger partial charge on any atom is -0.507 e. The van der Waals surface area contributed by atoms with E-state index in [0.717, 1.165) is 11.3 Å². The van der Waals surface area contributed by atoms with Gasteiger partial charge in [-0.3, -0.25) is 19.5 Å². The number of para-hydroxylation sites is 1. The maximum Gasteiger partial charge on any atom is 0.335 e. The molecular weight excluding hydrogens is 470 g/mol. The van der Waals surface area contributed by atoms with Crippen molar-refractivity contribution in [3.63, 3.8) is 0 Å². The molecule has 3 heterocycles. The molecule has 1 saturated heterocycles. The minimum atomic E-state index is -1.09. The van der Waals surface area contributed by atoms with Crippen LogP contribution in [-0.2, 0) is 9.59 Å². The van der Waals surface area contributed by atoms with E-state index in [-0.39, 0.29) is 27.6 Å². The molecule has 0 spiro atoms. The Balaban J connectivity index is 1.72. The van der Waals surface area contributed by atoms with Crippen LogP contribution >= 0.6 is 11.3 Å². The Kier molecular flexibility index (Phi) is 5.50. The first-order valence-electron chi connectivity index (χ1n) is 10.4. The number of rotatable bonds is 5. The van der Waals surface area contributed by atoms with Crippen molar-refractivity contribution in [2.45, 2.75) is 6.04 Å². The lowest BCUT2D eigenvalue weighted by Gasteiger charge is -2.22. The number of hydrogen-bond acceptors (Lipinski definition) is 8. The van der Waals surface area contributed by atoms with Gasteiger partial charge in [0.05, 0.1) is 40.1 Å². The van der Waals surface area contributed by atoms with E-state index in [2.05, 4.69) is 9.97 Å². The lowest BCUT2D eigenvalue weighted by Crippen LogP contribution is -2.29. The van der Waals surface area contributed by atoms with Crippen molar-refractivity contribution in [2.75, 3.05) is 12.0 Å². The molecule has 174 valence electrons. The van der Waals surface area contributed by atoms with E-state index in [1.807, 2.05) is 0 Å². The zero-order chi connectivity index (χ0) is 24.7. The summed E-state index contributed by atoms with van der Waals surface area (Å²) in [7, 11) is 1.44. The quantitative estimate of drug-likeness (QED) is 0.245. The number of aliphatic hydroxyl groups is 1. The second-order valence-corrected chi connectivity index (χ2v) is 8.65. The van der Waals surface area contributed by atoms with E-state index in [9.17, 15) is 24.6 Å². The first-order chi connectivity index (χ1) is 16.9. The van der Waals surface area contributed by atoms with Gasteiger partial charge in [0.25, 0.3) is 5.78 Å². The number of aliphatic hydroxyl groups excluding tert-OH is 1. The number of benzene rings is 2. The molecule has 0 aliphatic carbocycles. The van der Waals surface area contributed by atoms with Gasteiger partial charge in [-0.1, -0.05) is 29.5 Å². The number of methoxy groups -OCH3 is 1. The average molecular weight is 487 g/mol. The summed E-state index contributed by atoms with van der Waals surface area (Å²) < 4.78 is 5.87. The smallest absolute Gasteiger partial charge is 0.335 e. The number of hydrogen-bond donors (Lipinski definition) is 2. The van der Waals surface area contributed by atoms with Gasteiger partial charge in [0.2, 0.25) is 0 Å². The summed E-state index contributed by atoms with van der Waals surface area (Å²) in [6.45, 7) is 0. The number of carboxylic acid groups (broad SMARTS) is 1. The van der Waals surface area contributed by atoms with E-state index in [1.54, 1.807) is 48.7 Å². The Bertz CT molecular complexity index is 1530. The molecule has 1 unspecified atom stereocenters. The molecule has 0 radical (unpaired) electrons. The molecule has 2 aromatic carbocycles. The van der Waals surface area contributed by atoms with Gasteiger partial charge in [-0.25, -0.2) is 9.78 Å². The zero-order valence-corrected chi connectivity index (χ0v) is 19.0. The zero-order valence-electron chi connectivity index (χ0n) is 18.2. The van der Waals surface area contributed by atoms with Gasteiger partial charge in [0.1, 0.15) is 11.5 Å². The number of ketones is 1. The number of carbonyl (C=O) groups is 3. The van der Waals surface area contributed by atoms with Crippen LogP contribution in [0.25, 0.3) is 16.0 Å². The van der Waals surface area contributed by atoms with Gasteiger partial charge in [-0.15, -0.1) is 0 Å². The molecular formula is C25H17N3O6S. The topological polar surface area (TPSA) is 130 Å². The molecule has 1 amide bonds. The third kappa shape index (κ3) is 3.69. The van der Waals surface area contributed by atoms with Crippen molar-refractivity contribution >= 4 is 50.1 Å². The number of aromatic nitrogens is 2. The molecule has 1 atom stereocenters. The van der Waals surface area contributed by atoms with Crippen LogP contribution in [0.2, 0.25) is 0 Å². The number of carbonyl (C=O) groups excluding carboxylic acids is 2. The van der Waals surface area contributed by atoms with Crippen molar-refractivity contribution in [2.24, 2.45) is 0 Å². The number of pyridine rings is 1. The predicted octanol–water partition coefficient (Wildman–Crippen LogP) is 4.02. The van der Waals surface area contributed by atoms with Crippen molar-refractivity contribution in [1.82, 2.24) is 9.97 Å². The molecule has 4 aromatic rings. The van der Waals surface area contributed by atoms with Crippen molar-refractivity contribution < 1.29 is 29.3 Å². The van der Waals surface area contributed by atoms with Gasteiger partial charge in [-0.2, -0.15) is 0 Å². The van der Waals surface area contributed by atoms with Crippen LogP contribution in [0.15, 0.2) is 72.6 Å². The SMILES string of the molecule is COc1ccccc1/C(O)=C1\C(=O)C(=O)N(c2nc3ccc(C(=O)O)cc3s2)C1c1cccnc1. The molecule has 2 aromatic heterocycles. The molecule has 9 nitrogen and oxygen atoms in total. The van der Waals surface area contributed by atoms with Crippen LogP contribution in [0.5, 0.6) is 5.75 Å². The monoisotopic (exact) mass is 487 g/mol. The van der Waals surface area contributed by atoms with Crippen LogP contribution in [0.3, 0.4) is 0 Å². The van der Waals surface area contributed by atoms with Gasteiger partial charge >= 0.3 is 11.9 Å². The highest BCUT2D eigenvalue weighted by Gasteiger charge is 2.48. The Labute approximate surface area is 202 Å². The second kappa shape index (κ2) is 8.65. The standard InChI is InChI=1S/C25H17N3O6S/c1-34-17-7-3-2-6-15(17)21(29)19-20(14-5-4-10-26-12-14)28(23(31)22(19)30)25-27-16-9-8-13(24(32)33)11-18(16)35-25/h2-12,20,29H,1H3,(H,32,33)/b21-19+. The highest BCUT2D eigenvalue weighted by molar-refractivity contribution is 7.22. The van der Waals surface area contributed by atoms with Gasteiger partial charge in [-0.05, 0) is 42.0 Å². The van der Waals surface area contributed by atoms with Crippen LogP contribution < -0.4 is 9.64 Å². The summed E-state index contributed by atoms with van der Waals surface area (Å²) in [6.07, 6.45) is 3.07. The molecule has 2 N–H and O–H groups in total. The lowest BCUT2D eigenvalue weighted by atomic mass is 9.96. The van der Waals surface area contributed by atoms with Crippen molar-refractivity contribution in [3.05, 3.63) is 89.3 Å². The number of amides is 1. The Hall–Kier alpha value is -4.57. The van der Waals surface area contributed by atoms with Gasteiger partial charge in [0.15, 0.2) is 5.13 Å². The van der Waals surface area contributed by atoms with Crippen LogP contribution in [0.4, 0.5) is 5.13 Å². The summed E-state index contributed by atoms with van der Waals surface area (Å²) >= 11 is 1.08. The maximum absolute atomic E-state index is 13.3.